The molecule has 0 aliphatic heterocycles. The zero-order chi connectivity index (χ0) is 19.4. The van der Waals surface area contributed by atoms with Crippen LogP contribution in [0.15, 0.2) is 65.9 Å². The van der Waals surface area contributed by atoms with Crippen molar-refractivity contribution in [3.05, 3.63) is 82.6 Å². The van der Waals surface area contributed by atoms with Gasteiger partial charge in [-0.15, -0.1) is 0 Å². The van der Waals surface area contributed by atoms with E-state index >= 15 is 0 Å². The number of nitriles is 2. The van der Waals surface area contributed by atoms with Gasteiger partial charge in [-0.05, 0) is 30.2 Å². The number of para-hydroxylation sites is 1. The Morgan fingerprint density at radius 3 is 2.29 bits per heavy atom. The number of carboxylic acid groups (broad SMARTS) is 1. The first-order chi connectivity index (χ1) is 13.0. The Hall–Kier alpha value is -3.09. The van der Waals surface area contributed by atoms with Gasteiger partial charge >= 0.3 is 29.6 Å². The first-order valence-electron chi connectivity index (χ1n) is 8.16. The number of aromatic carboxylic acids is 1. The van der Waals surface area contributed by atoms with Gasteiger partial charge in [0.2, 0.25) is 0 Å². The smallest absolute Gasteiger partial charge is 0.545 e. The number of carbonyl (C=O) groups is 1. The van der Waals surface area contributed by atoms with Crippen LogP contribution in [-0.4, -0.2) is 11.0 Å². The Kier molecular flexibility index (Phi) is 6.98. The van der Waals surface area contributed by atoms with Gasteiger partial charge in [0.25, 0.3) is 0 Å². The molecule has 1 N–H and O–H groups in total. The SMILES string of the molecule is C/C(C#N)=C(/C(C#N)=C/c1c[nH]c2ccccc12)c1ccc(C(=O)[O-])cc1.[Na+]. The third-order valence-electron chi connectivity index (χ3n) is 4.26. The Morgan fingerprint density at radius 2 is 1.68 bits per heavy atom. The van der Waals surface area contributed by atoms with Crippen molar-refractivity contribution in [2.75, 3.05) is 0 Å². The number of H-pyrrole nitrogens is 1. The minimum absolute atomic E-state index is 0. The molecule has 28 heavy (non-hydrogen) atoms. The third-order valence-corrected chi connectivity index (χ3v) is 4.26. The molecule has 0 atom stereocenters. The monoisotopic (exact) mass is 375 g/mol. The van der Waals surface area contributed by atoms with Gasteiger partial charge in [0.1, 0.15) is 0 Å². The number of fused-ring (bicyclic) bond motifs is 1. The van der Waals surface area contributed by atoms with E-state index in [-0.39, 0.29) is 35.1 Å². The molecule has 5 nitrogen and oxygen atoms in total. The number of allylic oxidation sites excluding steroid dienone is 3. The van der Waals surface area contributed by atoms with E-state index in [1.54, 1.807) is 31.3 Å². The van der Waals surface area contributed by atoms with Crippen molar-refractivity contribution in [2.45, 2.75) is 6.92 Å². The van der Waals surface area contributed by atoms with Crippen LogP contribution in [0.5, 0.6) is 0 Å². The summed E-state index contributed by atoms with van der Waals surface area (Å²) in [6.45, 7) is 1.63. The number of aromatic amines is 1. The molecule has 3 rings (SSSR count). The molecule has 0 fully saturated rings. The van der Waals surface area contributed by atoms with E-state index in [2.05, 4.69) is 17.1 Å². The predicted molar refractivity (Wildman–Crippen MR) is 101 cm³/mol. The fraction of sp³-hybridized carbons (Fsp3) is 0.0455. The molecule has 0 radical (unpaired) electrons. The van der Waals surface area contributed by atoms with Gasteiger partial charge in [-0.25, -0.2) is 0 Å². The number of carbonyl (C=O) groups excluding carboxylic acids is 1. The Bertz CT molecular complexity index is 1170. The number of benzene rings is 2. The van der Waals surface area contributed by atoms with Crippen molar-refractivity contribution >= 4 is 28.5 Å². The van der Waals surface area contributed by atoms with Crippen LogP contribution in [0.2, 0.25) is 0 Å². The van der Waals surface area contributed by atoms with Gasteiger partial charge in [0, 0.05) is 33.8 Å². The van der Waals surface area contributed by atoms with Gasteiger partial charge in [-0.3, -0.25) is 0 Å². The molecular weight excluding hydrogens is 361 g/mol. The molecule has 0 aliphatic carbocycles. The van der Waals surface area contributed by atoms with Crippen LogP contribution in [0.3, 0.4) is 0 Å². The molecule has 0 unspecified atom stereocenters. The number of nitrogens with zero attached hydrogens (tertiary/aromatic N) is 2. The molecule has 130 valence electrons. The molecule has 0 aliphatic rings. The van der Waals surface area contributed by atoms with Gasteiger partial charge < -0.3 is 14.9 Å². The Labute approximate surface area is 184 Å². The summed E-state index contributed by atoms with van der Waals surface area (Å²) >= 11 is 0. The van der Waals surface area contributed by atoms with Crippen LogP contribution in [0.4, 0.5) is 0 Å². The Balaban J connectivity index is 0.00000280. The van der Waals surface area contributed by atoms with Crippen molar-refractivity contribution in [3.63, 3.8) is 0 Å². The van der Waals surface area contributed by atoms with Gasteiger partial charge in [-0.2, -0.15) is 10.5 Å². The number of nitrogens with one attached hydrogen (secondary N) is 1. The molecule has 0 bridgehead atoms. The molecule has 1 heterocycles. The topological polar surface area (TPSA) is 104 Å². The van der Waals surface area contributed by atoms with Crippen molar-refractivity contribution in [2.24, 2.45) is 0 Å². The zero-order valence-electron chi connectivity index (χ0n) is 15.5. The number of hydrogen-bond acceptors (Lipinski definition) is 4. The normalized spacial score (nSPS) is 11.8. The first kappa shape index (κ1) is 21.2. The van der Waals surface area contributed by atoms with Crippen LogP contribution < -0.4 is 34.7 Å². The second-order valence-electron chi connectivity index (χ2n) is 5.94. The summed E-state index contributed by atoms with van der Waals surface area (Å²) in [6.07, 6.45) is 3.53. The summed E-state index contributed by atoms with van der Waals surface area (Å²) in [5, 5.41) is 31.1. The molecule has 0 saturated carbocycles. The number of carboxylic acids is 1. The molecular formula is C22H14N3NaO2. The van der Waals surface area contributed by atoms with Crippen LogP contribution in [0, 0.1) is 22.7 Å². The molecule has 6 heteroatoms. The molecule has 0 spiro atoms. The summed E-state index contributed by atoms with van der Waals surface area (Å²) in [5.74, 6) is -1.28. The predicted octanol–water partition coefficient (Wildman–Crippen LogP) is 0.440. The van der Waals surface area contributed by atoms with Gasteiger partial charge in [0.15, 0.2) is 0 Å². The standard InChI is InChI=1S/C22H15N3O2.Na/c1-14(11-23)21(15-6-8-16(9-7-15)22(26)27)17(12-24)10-18-13-25-20-5-3-2-4-19(18)20;/h2-10,13,25H,1H3,(H,26,27);/q;+1/p-1/b17-10+,21-14-;. The summed E-state index contributed by atoms with van der Waals surface area (Å²) in [7, 11) is 0. The second-order valence-corrected chi connectivity index (χ2v) is 5.94. The summed E-state index contributed by atoms with van der Waals surface area (Å²) in [4.78, 5) is 14.1. The minimum atomic E-state index is -1.28. The number of hydrogen-bond donors (Lipinski definition) is 1. The van der Waals surface area contributed by atoms with Gasteiger partial charge in [0.05, 0.1) is 23.7 Å². The zero-order valence-corrected chi connectivity index (χ0v) is 17.5. The summed E-state index contributed by atoms with van der Waals surface area (Å²) in [6, 6.07) is 17.9. The average molecular weight is 375 g/mol. The molecule has 0 saturated heterocycles. The Morgan fingerprint density at radius 1 is 1.04 bits per heavy atom. The second kappa shape index (κ2) is 9.21. The van der Waals surface area contributed by atoms with E-state index in [1.807, 2.05) is 24.3 Å². The minimum Gasteiger partial charge on any atom is -0.545 e. The molecule has 3 aromatic rings. The van der Waals surface area contributed by atoms with Crippen molar-refractivity contribution in [1.82, 2.24) is 4.98 Å². The maximum absolute atomic E-state index is 11.0. The summed E-state index contributed by atoms with van der Waals surface area (Å²) in [5.41, 5.74) is 3.55. The van der Waals surface area contributed by atoms with Gasteiger partial charge in [-0.1, -0.05) is 42.5 Å². The van der Waals surface area contributed by atoms with Crippen molar-refractivity contribution in [1.29, 1.82) is 10.5 Å². The van der Waals surface area contributed by atoms with E-state index in [0.29, 0.717) is 22.3 Å². The van der Waals surface area contributed by atoms with E-state index in [0.717, 1.165) is 16.5 Å². The van der Waals surface area contributed by atoms with Crippen LogP contribution in [-0.2, 0) is 0 Å². The van der Waals surface area contributed by atoms with E-state index in [1.165, 1.54) is 12.1 Å². The summed E-state index contributed by atoms with van der Waals surface area (Å²) < 4.78 is 0. The first-order valence-corrected chi connectivity index (χ1v) is 8.16. The van der Waals surface area contributed by atoms with E-state index in [4.69, 9.17) is 0 Å². The quantitative estimate of drug-likeness (QED) is 0.406. The number of rotatable bonds is 4. The molecule has 1 aromatic heterocycles. The van der Waals surface area contributed by atoms with Crippen molar-refractivity contribution in [3.8, 4) is 12.1 Å². The fourth-order valence-corrected chi connectivity index (χ4v) is 2.93. The average Bonchev–Trinajstić information content (AvgIpc) is 3.10. The molecule has 2 aromatic carbocycles. The third kappa shape index (κ3) is 4.24. The van der Waals surface area contributed by atoms with Crippen molar-refractivity contribution < 1.29 is 39.5 Å². The fourth-order valence-electron chi connectivity index (χ4n) is 2.93. The maximum atomic E-state index is 11.0. The maximum Gasteiger partial charge on any atom is 1.00 e. The molecule has 0 amide bonds. The van der Waals surface area contributed by atoms with Crippen LogP contribution >= 0.6 is 0 Å². The van der Waals surface area contributed by atoms with Crippen LogP contribution in [0.1, 0.15) is 28.4 Å². The largest absolute Gasteiger partial charge is 1.00 e. The van der Waals surface area contributed by atoms with E-state index in [9.17, 15) is 20.4 Å². The van der Waals surface area contributed by atoms with Crippen LogP contribution in [0.25, 0.3) is 22.6 Å². The van der Waals surface area contributed by atoms with E-state index < -0.39 is 5.97 Å². The number of aromatic nitrogens is 1.